The van der Waals surface area contributed by atoms with Crippen molar-refractivity contribution in [2.24, 2.45) is 35.5 Å². The number of nitrogens with one attached hydrogen (secondary N) is 2. The van der Waals surface area contributed by atoms with Crippen molar-refractivity contribution in [3.63, 3.8) is 0 Å². The van der Waals surface area contributed by atoms with E-state index >= 15 is 0 Å². The van der Waals surface area contributed by atoms with Gasteiger partial charge >= 0.3 is 5.97 Å². The van der Waals surface area contributed by atoms with Crippen molar-refractivity contribution in [2.45, 2.75) is 84.0 Å². The zero-order chi connectivity index (χ0) is 44.9. The molecule has 6 aliphatic rings. The van der Waals surface area contributed by atoms with Gasteiger partial charge in [-0.05, 0) is 137 Å². The average molecular weight is 910 g/mol. The number of fused-ring (bicyclic) bond motifs is 2. The Morgan fingerprint density at radius 2 is 1.13 bits per heavy atom. The molecule has 0 spiro atoms. The van der Waals surface area contributed by atoms with E-state index in [2.05, 4.69) is 10.6 Å². The first-order valence-corrected chi connectivity index (χ1v) is 23.1. The average Bonchev–Trinajstić information content (AvgIpc) is 3.79. The van der Waals surface area contributed by atoms with Crippen LogP contribution in [0.15, 0.2) is 48.5 Å². The molecule has 5 heterocycles. The van der Waals surface area contributed by atoms with Crippen LogP contribution in [0, 0.1) is 86.5 Å². The Bertz CT molecular complexity index is 2390. The lowest BCUT2D eigenvalue weighted by molar-refractivity contribution is -0.129. The Morgan fingerprint density at radius 3 is 1.56 bits per heavy atom. The number of carbonyl (C=O) groups excluding carboxylic acids is 3. The van der Waals surface area contributed by atoms with Crippen LogP contribution in [0.4, 0.5) is 17.6 Å². The van der Waals surface area contributed by atoms with Crippen molar-refractivity contribution in [1.82, 2.24) is 15.5 Å². The standard InChI is InChI=1S/C23H24F2N2O3S.C18H21F2NO2.C6H6O2S/c1-11-5-17(25)15(8-16(11)24)21(14-9-30-10-14)26-22(28)19-7-13-6-18(13)27(19)23(29)20-4-3-12(2)31-20;1-9-2-16(20)14(6-15(9)19)17(13-7-23-8-13)21-18(22)12-4-10-3-11(10)5-12;1-4-2-3-5(9-4)6(7)8/h3-5,8,13-14,18-19,21H,6-7,9-10H2,1-2H3,(H,26,28);2,6,10-13,17H,3-5,7-8H2,1H3,(H,21,22);2-3H,1H3,(H,7,8)/t13-,18-,19-,21-;10-,11+,12?,17-;/m11./s1. The molecule has 6 fully saturated rings. The van der Waals surface area contributed by atoms with Crippen molar-refractivity contribution in [1.29, 1.82) is 0 Å². The van der Waals surface area contributed by atoms with E-state index in [1.54, 1.807) is 23.1 Å². The minimum atomic E-state index is -0.840. The van der Waals surface area contributed by atoms with Gasteiger partial charge in [-0.25, -0.2) is 22.4 Å². The number of piperidine rings is 1. The Hall–Kier alpha value is -4.64. The van der Waals surface area contributed by atoms with Crippen molar-refractivity contribution in [3.05, 3.63) is 114 Å². The van der Waals surface area contributed by atoms with Gasteiger partial charge in [-0.3, -0.25) is 14.4 Å². The van der Waals surface area contributed by atoms with Crippen molar-refractivity contribution >= 4 is 46.4 Å². The summed E-state index contributed by atoms with van der Waals surface area (Å²) in [6, 6.07) is 10.1. The number of benzene rings is 2. The molecule has 3 aliphatic heterocycles. The lowest BCUT2D eigenvalue weighted by atomic mass is 9.89. The summed E-state index contributed by atoms with van der Waals surface area (Å²) in [5.74, 6) is -1.61. The number of hydrogen-bond donors (Lipinski definition) is 3. The van der Waals surface area contributed by atoms with Crippen LogP contribution in [-0.4, -0.2) is 72.2 Å². The predicted molar refractivity (Wildman–Crippen MR) is 228 cm³/mol. The van der Waals surface area contributed by atoms with Crippen LogP contribution in [0.2, 0.25) is 0 Å². The maximum Gasteiger partial charge on any atom is 0.345 e. The molecule has 8 atom stereocenters. The van der Waals surface area contributed by atoms with Crippen LogP contribution in [-0.2, 0) is 19.1 Å². The van der Waals surface area contributed by atoms with Gasteiger partial charge in [0, 0.05) is 44.7 Å². The fraction of sp³-hybridized carbons (Fsp3) is 0.489. The molecule has 3 saturated carbocycles. The summed E-state index contributed by atoms with van der Waals surface area (Å²) in [6.07, 6.45) is 4.65. The first kappa shape index (κ1) is 44.9. The number of amides is 3. The molecule has 0 radical (unpaired) electrons. The van der Waals surface area contributed by atoms with Crippen molar-refractivity contribution in [2.75, 3.05) is 26.4 Å². The summed E-state index contributed by atoms with van der Waals surface area (Å²) in [5.41, 5.74) is 0.852. The molecule has 4 aromatic rings. The van der Waals surface area contributed by atoms with Crippen LogP contribution in [0.5, 0.6) is 0 Å². The molecule has 3 N–H and O–H groups in total. The van der Waals surface area contributed by atoms with Crippen LogP contribution >= 0.6 is 22.7 Å². The van der Waals surface area contributed by atoms with Gasteiger partial charge in [-0.1, -0.05) is 0 Å². The Labute approximate surface area is 371 Å². The molecule has 16 heteroatoms. The third kappa shape index (κ3) is 9.88. The number of rotatable bonds is 10. The van der Waals surface area contributed by atoms with E-state index in [1.165, 1.54) is 55.1 Å². The van der Waals surface area contributed by atoms with Gasteiger partial charge in [0.15, 0.2) is 0 Å². The number of likely N-dealkylation sites (tertiary alicyclic amines) is 1. The minimum Gasteiger partial charge on any atom is -0.477 e. The van der Waals surface area contributed by atoms with Gasteiger partial charge in [-0.2, -0.15) is 0 Å². The molecule has 63 heavy (non-hydrogen) atoms. The monoisotopic (exact) mass is 909 g/mol. The maximum absolute atomic E-state index is 14.7. The van der Waals surface area contributed by atoms with Gasteiger partial charge in [0.05, 0.1) is 43.4 Å². The minimum absolute atomic E-state index is 0.00601. The Balaban J connectivity index is 0.000000149. The highest BCUT2D eigenvalue weighted by atomic mass is 32.1. The molecular weight excluding hydrogens is 859 g/mol. The van der Waals surface area contributed by atoms with Crippen LogP contribution in [0.3, 0.4) is 0 Å². The lowest BCUT2D eigenvalue weighted by Gasteiger charge is -2.36. The number of hydrogen-bond acceptors (Lipinski definition) is 8. The van der Waals surface area contributed by atoms with E-state index in [-0.39, 0.29) is 63.8 Å². The number of thiophene rings is 2. The van der Waals surface area contributed by atoms with Gasteiger partial charge in [0.25, 0.3) is 5.91 Å². The van der Waals surface area contributed by atoms with Gasteiger partial charge in [0.1, 0.15) is 34.2 Å². The second-order valence-electron chi connectivity index (χ2n) is 17.9. The smallest absolute Gasteiger partial charge is 0.345 e. The number of nitrogens with zero attached hydrogens (tertiary/aromatic N) is 1. The topological polar surface area (TPSA) is 134 Å². The number of ether oxygens (including phenoxy) is 2. The molecule has 3 saturated heterocycles. The maximum atomic E-state index is 14.7. The largest absolute Gasteiger partial charge is 0.477 e. The molecule has 10 nitrogen and oxygen atoms in total. The quantitative estimate of drug-likeness (QED) is 0.136. The van der Waals surface area contributed by atoms with Crippen molar-refractivity contribution < 1.29 is 51.3 Å². The fourth-order valence-electron chi connectivity index (χ4n) is 9.25. The first-order valence-electron chi connectivity index (χ1n) is 21.4. The highest BCUT2D eigenvalue weighted by molar-refractivity contribution is 7.14. The summed E-state index contributed by atoms with van der Waals surface area (Å²) in [4.78, 5) is 54.0. The number of aromatic carboxylic acids is 1. The summed E-state index contributed by atoms with van der Waals surface area (Å²) in [7, 11) is 0. The Kier molecular flexibility index (Phi) is 13.2. The van der Waals surface area contributed by atoms with Gasteiger partial charge in [-0.15, -0.1) is 22.7 Å². The third-order valence-corrected chi connectivity index (χ3v) is 15.2. The van der Waals surface area contributed by atoms with E-state index < -0.39 is 47.4 Å². The van der Waals surface area contributed by atoms with E-state index in [0.29, 0.717) is 60.4 Å². The lowest BCUT2D eigenvalue weighted by Crippen LogP contribution is -2.51. The molecule has 3 aliphatic carbocycles. The van der Waals surface area contributed by atoms with Crippen LogP contribution in [0.1, 0.15) is 95.5 Å². The molecule has 0 bridgehead atoms. The van der Waals surface area contributed by atoms with Crippen LogP contribution < -0.4 is 10.6 Å². The summed E-state index contributed by atoms with van der Waals surface area (Å²) in [6.45, 7) is 8.54. The number of aryl methyl sites for hydroxylation is 4. The zero-order valence-electron chi connectivity index (χ0n) is 35.4. The molecule has 2 aromatic heterocycles. The van der Waals surface area contributed by atoms with Crippen LogP contribution in [0.25, 0.3) is 0 Å². The fourth-order valence-corrected chi connectivity index (χ4v) is 10.8. The van der Waals surface area contributed by atoms with E-state index in [9.17, 15) is 36.7 Å². The highest BCUT2D eigenvalue weighted by Gasteiger charge is 2.56. The van der Waals surface area contributed by atoms with Gasteiger partial charge in [0.2, 0.25) is 11.8 Å². The second kappa shape index (κ2) is 18.5. The number of halogens is 4. The zero-order valence-corrected chi connectivity index (χ0v) is 37.1. The third-order valence-electron chi connectivity index (χ3n) is 13.3. The van der Waals surface area contributed by atoms with Gasteiger partial charge < -0.3 is 30.1 Å². The molecule has 3 amide bonds. The summed E-state index contributed by atoms with van der Waals surface area (Å²) in [5, 5.41) is 14.3. The molecule has 1 unspecified atom stereocenters. The predicted octanol–water partition coefficient (Wildman–Crippen LogP) is 8.63. The second-order valence-corrected chi connectivity index (χ2v) is 20.5. The molecule has 336 valence electrons. The van der Waals surface area contributed by atoms with Crippen molar-refractivity contribution in [3.8, 4) is 0 Å². The number of carboxylic acids is 1. The first-order chi connectivity index (χ1) is 30.1. The highest BCUT2D eigenvalue weighted by Crippen LogP contribution is 2.54. The Morgan fingerprint density at radius 1 is 0.635 bits per heavy atom. The molecule has 2 aromatic carbocycles. The van der Waals surface area contributed by atoms with E-state index in [4.69, 9.17) is 14.6 Å². The summed E-state index contributed by atoms with van der Waals surface area (Å²) < 4.78 is 67.6. The number of carbonyl (C=O) groups is 4. The SMILES string of the molecule is Cc1cc(F)c([C@H](NC(=O)C2C[C@@H]3C[C@@H]3C2)C2COC2)cc1F.Cc1ccc(C(=O)N2[C@@H](C(=O)N[C@@H](c3cc(F)c(C)cc3F)C3COC3)C[C@H]3C[C@H]32)s1.Cc1ccc(C(=O)O)s1. The van der Waals surface area contributed by atoms with E-state index in [1.807, 2.05) is 19.9 Å². The summed E-state index contributed by atoms with van der Waals surface area (Å²) >= 11 is 2.72. The number of carboxylic acid groups (broad SMARTS) is 1. The molecular formula is C47H51F4N3O7S2. The van der Waals surface area contributed by atoms with E-state index in [0.717, 1.165) is 41.1 Å². The molecule has 10 rings (SSSR count). The normalized spacial score (nSPS) is 25.1.